The van der Waals surface area contributed by atoms with Gasteiger partial charge in [-0.2, -0.15) is 0 Å². The summed E-state index contributed by atoms with van der Waals surface area (Å²) in [6, 6.07) is 7.72. The largest absolute Gasteiger partial charge is 0.546 e. The van der Waals surface area contributed by atoms with Crippen LogP contribution in [0.5, 0.6) is 5.75 Å². The van der Waals surface area contributed by atoms with E-state index >= 15 is 0 Å². The Balaban J connectivity index is 1.94. The van der Waals surface area contributed by atoms with Crippen molar-refractivity contribution < 1.29 is 14.6 Å². The van der Waals surface area contributed by atoms with Crippen molar-refractivity contribution in [3.8, 4) is 5.75 Å². The van der Waals surface area contributed by atoms with E-state index in [-0.39, 0.29) is 6.61 Å². The van der Waals surface area contributed by atoms with Crippen LogP contribution < -0.4 is 9.84 Å². The summed E-state index contributed by atoms with van der Waals surface area (Å²) in [6.07, 6.45) is 18.7. The van der Waals surface area contributed by atoms with Crippen LogP contribution in [0.1, 0.15) is 96.0 Å². The molecule has 0 atom stereocenters. The average Bonchev–Trinajstić information content (AvgIpc) is 2.64. The third-order valence-electron chi connectivity index (χ3n) is 4.82. The fourth-order valence-electron chi connectivity index (χ4n) is 3.28. The highest BCUT2D eigenvalue weighted by Gasteiger charge is 1.99. The summed E-state index contributed by atoms with van der Waals surface area (Å²) in [4.78, 5) is 10.4. The number of carbonyl (C=O) groups is 1. The number of hydrogen-bond donors (Lipinski definition) is 0. The molecular formula is C23H37O3-. The van der Waals surface area contributed by atoms with E-state index in [1.807, 2.05) is 12.1 Å². The number of carboxylic acid groups (broad SMARTS) is 1. The summed E-state index contributed by atoms with van der Waals surface area (Å²) in [5, 5.41) is 10.4. The fraction of sp³-hybridized carbons (Fsp3) is 0.696. The van der Waals surface area contributed by atoms with Crippen molar-refractivity contribution in [2.75, 3.05) is 6.61 Å². The Hall–Kier alpha value is -1.51. The molecule has 0 aliphatic carbocycles. The first-order valence-electron chi connectivity index (χ1n) is 10.6. The summed E-state index contributed by atoms with van der Waals surface area (Å²) in [5.41, 5.74) is 1.21. The van der Waals surface area contributed by atoms with Crippen molar-refractivity contribution in [3.63, 3.8) is 0 Å². The number of carboxylic acids is 1. The highest BCUT2D eigenvalue weighted by molar-refractivity contribution is 5.66. The molecule has 0 amide bonds. The maximum absolute atomic E-state index is 10.4. The van der Waals surface area contributed by atoms with Crippen LogP contribution >= 0.6 is 0 Å². The molecule has 1 aromatic carbocycles. The minimum Gasteiger partial charge on any atom is -0.546 e. The Morgan fingerprint density at radius 3 is 1.92 bits per heavy atom. The van der Waals surface area contributed by atoms with E-state index < -0.39 is 5.97 Å². The molecule has 0 fully saturated rings. The van der Waals surface area contributed by atoms with E-state index in [4.69, 9.17) is 4.74 Å². The molecule has 3 heteroatoms. The van der Waals surface area contributed by atoms with Crippen LogP contribution in [0.4, 0.5) is 0 Å². The van der Waals surface area contributed by atoms with Crippen molar-refractivity contribution >= 4 is 5.97 Å². The number of carbonyl (C=O) groups excluding carboxylic acids is 1. The molecule has 0 heterocycles. The molecule has 0 radical (unpaired) electrons. The lowest BCUT2D eigenvalue weighted by Gasteiger charge is -2.08. The number of benzene rings is 1. The van der Waals surface area contributed by atoms with E-state index in [1.165, 1.54) is 89.0 Å². The van der Waals surface area contributed by atoms with Gasteiger partial charge in [-0.05, 0) is 30.5 Å². The minimum absolute atomic E-state index is 0.387. The second-order valence-electron chi connectivity index (χ2n) is 7.30. The number of aliphatic carboxylic acids is 1. The second-order valence-corrected chi connectivity index (χ2v) is 7.30. The first kappa shape index (κ1) is 22.5. The lowest BCUT2D eigenvalue weighted by Crippen LogP contribution is -2.28. The van der Waals surface area contributed by atoms with Gasteiger partial charge in [-0.15, -0.1) is 0 Å². The molecule has 0 saturated carbocycles. The molecule has 0 saturated heterocycles. The summed E-state index contributed by atoms with van der Waals surface area (Å²) in [7, 11) is 0. The third kappa shape index (κ3) is 12.8. The lowest BCUT2D eigenvalue weighted by atomic mass is 10.0. The zero-order chi connectivity index (χ0) is 18.9. The standard InChI is InChI=1S/C23H38O3/c1-2-3-4-5-6-7-8-9-10-11-12-13-14-16-21-17-15-18-22(19-21)26-20-23(24)25/h15,17-19H,2-14,16,20H2,1H3,(H,24,25)/p-1. The molecule has 0 bridgehead atoms. The van der Waals surface area contributed by atoms with Gasteiger partial charge in [0.15, 0.2) is 0 Å². The van der Waals surface area contributed by atoms with Gasteiger partial charge >= 0.3 is 0 Å². The van der Waals surface area contributed by atoms with E-state index in [2.05, 4.69) is 13.0 Å². The molecule has 1 rings (SSSR count). The summed E-state index contributed by atoms with van der Waals surface area (Å²) in [5.74, 6) is -0.576. The summed E-state index contributed by atoms with van der Waals surface area (Å²) < 4.78 is 5.16. The van der Waals surface area contributed by atoms with E-state index in [9.17, 15) is 9.90 Å². The Morgan fingerprint density at radius 1 is 0.846 bits per heavy atom. The maximum atomic E-state index is 10.4. The normalized spacial score (nSPS) is 10.8. The van der Waals surface area contributed by atoms with Crippen LogP contribution in [0.15, 0.2) is 24.3 Å². The highest BCUT2D eigenvalue weighted by atomic mass is 16.5. The van der Waals surface area contributed by atoms with Crippen molar-refractivity contribution in [3.05, 3.63) is 29.8 Å². The molecule has 3 nitrogen and oxygen atoms in total. The van der Waals surface area contributed by atoms with Crippen molar-refractivity contribution in [1.82, 2.24) is 0 Å². The van der Waals surface area contributed by atoms with Crippen LogP contribution in [0.25, 0.3) is 0 Å². The fourth-order valence-corrected chi connectivity index (χ4v) is 3.28. The van der Waals surface area contributed by atoms with Crippen LogP contribution in [0, 0.1) is 0 Å². The molecule has 0 aliphatic heterocycles. The molecule has 0 spiro atoms. The molecule has 0 N–H and O–H groups in total. The van der Waals surface area contributed by atoms with Gasteiger partial charge in [-0.3, -0.25) is 0 Å². The number of aryl methyl sites for hydroxylation is 1. The molecule has 1 aromatic rings. The Kier molecular flexibility index (Phi) is 13.6. The lowest BCUT2D eigenvalue weighted by molar-refractivity contribution is -0.307. The van der Waals surface area contributed by atoms with Gasteiger partial charge in [0.1, 0.15) is 12.4 Å². The zero-order valence-electron chi connectivity index (χ0n) is 16.6. The van der Waals surface area contributed by atoms with Crippen LogP contribution in [0.2, 0.25) is 0 Å². The van der Waals surface area contributed by atoms with Crippen LogP contribution in [-0.4, -0.2) is 12.6 Å². The quantitative estimate of drug-likeness (QED) is 0.347. The highest BCUT2D eigenvalue weighted by Crippen LogP contribution is 2.17. The molecule has 148 valence electrons. The topological polar surface area (TPSA) is 49.4 Å². The van der Waals surface area contributed by atoms with Gasteiger partial charge in [0.2, 0.25) is 0 Å². The van der Waals surface area contributed by atoms with Crippen LogP contribution in [-0.2, 0) is 11.2 Å². The van der Waals surface area contributed by atoms with Gasteiger partial charge in [0, 0.05) is 0 Å². The molecular weight excluding hydrogens is 324 g/mol. The average molecular weight is 362 g/mol. The van der Waals surface area contributed by atoms with E-state index in [0.29, 0.717) is 5.75 Å². The smallest absolute Gasteiger partial charge is 0.128 e. The van der Waals surface area contributed by atoms with E-state index in [1.54, 1.807) is 6.07 Å². The first-order chi connectivity index (χ1) is 12.7. The van der Waals surface area contributed by atoms with Gasteiger partial charge in [-0.25, -0.2) is 0 Å². The number of rotatable bonds is 17. The van der Waals surface area contributed by atoms with Crippen molar-refractivity contribution in [1.29, 1.82) is 0 Å². The predicted octanol–water partition coefficient (Wildman–Crippen LogP) is 5.45. The second kappa shape index (κ2) is 15.7. The Bertz CT molecular complexity index is 470. The molecule has 26 heavy (non-hydrogen) atoms. The number of unbranched alkanes of at least 4 members (excludes halogenated alkanes) is 12. The molecule has 0 aliphatic rings. The van der Waals surface area contributed by atoms with Crippen molar-refractivity contribution in [2.45, 2.75) is 96.8 Å². The zero-order valence-corrected chi connectivity index (χ0v) is 16.6. The Labute approximate surface area is 160 Å². The number of hydrogen-bond acceptors (Lipinski definition) is 3. The predicted molar refractivity (Wildman–Crippen MR) is 106 cm³/mol. The van der Waals surface area contributed by atoms with Crippen LogP contribution in [0.3, 0.4) is 0 Å². The van der Waals surface area contributed by atoms with E-state index in [0.717, 1.165) is 6.42 Å². The van der Waals surface area contributed by atoms with Gasteiger partial charge in [0.25, 0.3) is 0 Å². The first-order valence-corrected chi connectivity index (χ1v) is 10.6. The molecule has 0 aromatic heterocycles. The minimum atomic E-state index is -1.19. The summed E-state index contributed by atoms with van der Waals surface area (Å²) >= 11 is 0. The molecule has 0 unspecified atom stereocenters. The summed E-state index contributed by atoms with van der Waals surface area (Å²) in [6.45, 7) is 1.88. The number of ether oxygens (including phenoxy) is 1. The maximum Gasteiger partial charge on any atom is 0.128 e. The van der Waals surface area contributed by atoms with Crippen molar-refractivity contribution in [2.24, 2.45) is 0 Å². The van der Waals surface area contributed by atoms with Gasteiger partial charge < -0.3 is 14.6 Å². The van der Waals surface area contributed by atoms with Gasteiger partial charge in [-0.1, -0.05) is 96.1 Å². The monoisotopic (exact) mass is 361 g/mol. The third-order valence-corrected chi connectivity index (χ3v) is 4.82. The van der Waals surface area contributed by atoms with Gasteiger partial charge in [0.05, 0.1) is 5.97 Å². The SMILES string of the molecule is CCCCCCCCCCCCCCCc1cccc(OCC(=O)[O-])c1. The Morgan fingerprint density at radius 2 is 1.38 bits per heavy atom.